The van der Waals surface area contributed by atoms with Crippen LogP contribution in [0.2, 0.25) is 0 Å². The van der Waals surface area contributed by atoms with Crippen LogP contribution in [0.3, 0.4) is 0 Å². The highest BCUT2D eigenvalue weighted by molar-refractivity contribution is 5.26. The van der Waals surface area contributed by atoms with Crippen molar-refractivity contribution in [2.75, 3.05) is 7.11 Å². The Balaban J connectivity index is 1.87. The van der Waals surface area contributed by atoms with Crippen LogP contribution in [0, 0.1) is 0 Å². The zero-order chi connectivity index (χ0) is 11.4. The molecular formula is C13H19NO2. The Morgan fingerprint density at radius 1 is 1.31 bits per heavy atom. The molecule has 1 aliphatic rings. The molecule has 0 radical (unpaired) electrons. The number of nitrogens with one attached hydrogen (secondary N) is 1. The van der Waals surface area contributed by atoms with E-state index in [0.29, 0.717) is 12.6 Å². The number of hydrogen-bond donors (Lipinski definition) is 2. The Morgan fingerprint density at radius 2 is 2.00 bits per heavy atom. The van der Waals surface area contributed by atoms with Crippen LogP contribution in [-0.4, -0.2) is 24.4 Å². The first-order valence-electron chi connectivity index (χ1n) is 5.76. The zero-order valence-corrected chi connectivity index (χ0v) is 9.65. The lowest BCUT2D eigenvalue weighted by atomic mass is 9.89. The topological polar surface area (TPSA) is 41.5 Å². The van der Waals surface area contributed by atoms with Gasteiger partial charge in [-0.3, -0.25) is 0 Å². The van der Waals surface area contributed by atoms with E-state index in [9.17, 15) is 5.11 Å². The van der Waals surface area contributed by atoms with Crippen molar-refractivity contribution in [2.24, 2.45) is 0 Å². The van der Waals surface area contributed by atoms with E-state index in [2.05, 4.69) is 17.4 Å². The molecule has 88 valence electrons. The summed E-state index contributed by atoms with van der Waals surface area (Å²) in [6, 6.07) is 8.77. The van der Waals surface area contributed by atoms with Crippen molar-refractivity contribution in [3.63, 3.8) is 0 Å². The first-order valence-corrected chi connectivity index (χ1v) is 5.76. The molecule has 1 saturated carbocycles. The van der Waals surface area contributed by atoms with Gasteiger partial charge in [0, 0.05) is 19.7 Å². The summed E-state index contributed by atoms with van der Waals surface area (Å²) in [4.78, 5) is 0. The fraction of sp³-hybridized carbons (Fsp3) is 0.538. The van der Waals surface area contributed by atoms with Crippen LogP contribution in [0.15, 0.2) is 24.3 Å². The first kappa shape index (κ1) is 11.6. The fourth-order valence-electron chi connectivity index (χ4n) is 2.04. The van der Waals surface area contributed by atoms with E-state index in [4.69, 9.17) is 4.74 Å². The van der Waals surface area contributed by atoms with Crippen LogP contribution >= 0.6 is 0 Å². The average Bonchev–Trinajstić information content (AvgIpc) is 2.25. The Labute approximate surface area is 96.4 Å². The number of benzene rings is 1. The highest BCUT2D eigenvalue weighted by atomic mass is 16.5. The van der Waals surface area contributed by atoms with Gasteiger partial charge in [0.15, 0.2) is 0 Å². The van der Waals surface area contributed by atoms with Gasteiger partial charge in [-0.2, -0.15) is 0 Å². The van der Waals surface area contributed by atoms with Gasteiger partial charge in [-0.1, -0.05) is 24.3 Å². The van der Waals surface area contributed by atoms with Crippen molar-refractivity contribution in [2.45, 2.75) is 38.1 Å². The van der Waals surface area contributed by atoms with Crippen LogP contribution in [0.25, 0.3) is 0 Å². The summed E-state index contributed by atoms with van der Waals surface area (Å²) < 4.78 is 5.16. The quantitative estimate of drug-likeness (QED) is 0.790. The minimum absolute atomic E-state index is 0.0910. The molecule has 2 N–H and O–H groups in total. The number of rotatable bonds is 5. The Bertz CT molecular complexity index is 334. The molecule has 0 aromatic heterocycles. The van der Waals surface area contributed by atoms with Crippen molar-refractivity contribution in [1.82, 2.24) is 5.32 Å². The maximum Gasteiger partial charge on any atom is 0.0716 e. The third-order valence-electron chi connectivity index (χ3n) is 3.11. The second kappa shape index (κ2) is 5.43. The largest absolute Gasteiger partial charge is 0.393 e. The number of aliphatic hydroxyl groups is 1. The molecule has 0 spiro atoms. The van der Waals surface area contributed by atoms with Gasteiger partial charge >= 0.3 is 0 Å². The van der Waals surface area contributed by atoms with E-state index in [1.54, 1.807) is 7.11 Å². The van der Waals surface area contributed by atoms with Gasteiger partial charge in [-0.05, 0) is 24.0 Å². The lowest BCUT2D eigenvalue weighted by molar-refractivity contribution is 0.0618. The summed E-state index contributed by atoms with van der Waals surface area (Å²) in [5.41, 5.74) is 2.52. The second-order valence-electron chi connectivity index (χ2n) is 4.40. The predicted octanol–water partition coefficient (Wildman–Crippen LogP) is 1.45. The van der Waals surface area contributed by atoms with Crippen LogP contribution < -0.4 is 5.32 Å². The summed E-state index contributed by atoms with van der Waals surface area (Å²) in [6.45, 7) is 1.52. The molecule has 3 nitrogen and oxygen atoms in total. The van der Waals surface area contributed by atoms with E-state index >= 15 is 0 Å². The smallest absolute Gasteiger partial charge is 0.0716 e. The molecule has 16 heavy (non-hydrogen) atoms. The van der Waals surface area contributed by atoms with Gasteiger partial charge in [0.25, 0.3) is 0 Å². The van der Waals surface area contributed by atoms with Gasteiger partial charge < -0.3 is 15.2 Å². The molecule has 0 unspecified atom stereocenters. The van der Waals surface area contributed by atoms with E-state index in [0.717, 1.165) is 19.4 Å². The molecule has 1 aromatic rings. The molecule has 0 saturated heterocycles. The lowest BCUT2D eigenvalue weighted by Crippen LogP contribution is -2.43. The normalized spacial score (nSPS) is 24.1. The Hall–Kier alpha value is -0.900. The van der Waals surface area contributed by atoms with Crippen LogP contribution in [0.5, 0.6) is 0 Å². The second-order valence-corrected chi connectivity index (χ2v) is 4.40. The highest BCUT2D eigenvalue weighted by Gasteiger charge is 2.26. The molecule has 3 heteroatoms. The number of hydrogen-bond acceptors (Lipinski definition) is 3. The predicted molar refractivity (Wildman–Crippen MR) is 63.0 cm³/mol. The minimum atomic E-state index is -0.0910. The standard InChI is InChI=1S/C13H19NO2/c1-16-9-11-5-3-2-4-10(11)8-14-12-6-13(15)7-12/h2-5,12-15H,6-9H2,1H3. The first-order chi connectivity index (χ1) is 7.79. The highest BCUT2D eigenvalue weighted by Crippen LogP contribution is 2.20. The Morgan fingerprint density at radius 3 is 2.62 bits per heavy atom. The molecule has 0 bridgehead atoms. The zero-order valence-electron chi connectivity index (χ0n) is 9.65. The molecule has 1 aromatic carbocycles. The SMILES string of the molecule is COCc1ccccc1CNC1CC(O)C1. The third kappa shape index (κ3) is 2.82. The maximum absolute atomic E-state index is 9.19. The van der Waals surface area contributed by atoms with E-state index in [-0.39, 0.29) is 6.10 Å². The molecule has 0 aliphatic heterocycles. The summed E-state index contributed by atoms with van der Waals surface area (Å²) >= 11 is 0. The Kier molecular flexibility index (Phi) is 3.93. The minimum Gasteiger partial charge on any atom is -0.393 e. The summed E-state index contributed by atoms with van der Waals surface area (Å²) in [7, 11) is 1.71. The summed E-state index contributed by atoms with van der Waals surface area (Å²) in [5, 5.41) is 12.6. The van der Waals surface area contributed by atoms with Crippen molar-refractivity contribution in [3.8, 4) is 0 Å². The van der Waals surface area contributed by atoms with Crippen molar-refractivity contribution in [3.05, 3.63) is 35.4 Å². The molecule has 0 heterocycles. The molecule has 1 fully saturated rings. The van der Waals surface area contributed by atoms with Gasteiger partial charge in [0.2, 0.25) is 0 Å². The molecular weight excluding hydrogens is 202 g/mol. The summed E-state index contributed by atoms with van der Waals surface area (Å²) in [6.07, 6.45) is 1.67. The van der Waals surface area contributed by atoms with Gasteiger partial charge in [0.1, 0.15) is 0 Å². The van der Waals surface area contributed by atoms with Crippen LogP contribution in [0.4, 0.5) is 0 Å². The number of ether oxygens (including phenoxy) is 1. The van der Waals surface area contributed by atoms with Gasteiger partial charge in [0.05, 0.1) is 12.7 Å². The van der Waals surface area contributed by atoms with E-state index in [1.807, 2.05) is 12.1 Å². The molecule has 0 amide bonds. The monoisotopic (exact) mass is 221 g/mol. The summed E-state index contributed by atoms with van der Waals surface area (Å²) in [5.74, 6) is 0. The van der Waals surface area contributed by atoms with Gasteiger partial charge in [-0.15, -0.1) is 0 Å². The molecule has 1 aliphatic carbocycles. The van der Waals surface area contributed by atoms with Crippen LogP contribution in [-0.2, 0) is 17.9 Å². The maximum atomic E-state index is 9.19. The fourth-order valence-corrected chi connectivity index (χ4v) is 2.04. The number of aliphatic hydroxyl groups excluding tert-OH is 1. The van der Waals surface area contributed by atoms with Gasteiger partial charge in [-0.25, -0.2) is 0 Å². The number of methoxy groups -OCH3 is 1. The third-order valence-corrected chi connectivity index (χ3v) is 3.11. The van der Waals surface area contributed by atoms with Crippen LogP contribution in [0.1, 0.15) is 24.0 Å². The van der Waals surface area contributed by atoms with Crippen molar-refractivity contribution < 1.29 is 9.84 Å². The van der Waals surface area contributed by atoms with E-state index in [1.165, 1.54) is 11.1 Å². The van der Waals surface area contributed by atoms with Crippen molar-refractivity contribution in [1.29, 1.82) is 0 Å². The van der Waals surface area contributed by atoms with Crippen molar-refractivity contribution >= 4 is 0 Å². The average molecular weight is 221 g/mol. The van der Waals surface area contributed by atoms with E-state index < -0.39 is 0 Å². The molecule has 0 atom stereocenters. The molecule has 2 rings (SSSR count). The lowest BCUT2D eigenvalue weighted by Gasteiger charge is -2.32.